The Balaban J connectivity index is 1.72. The summed E-state index contributed by atoms with van der Waals surface area (Å²) in [5.74, 6) is 0.607. The molecule has 7 nitrogen and oxygen atoms in total. The van der Waals surface area contributed by atoms with Gasteiger partial charge in [0.05, 0.1) is 5.69 Å². The molecule has 1 fully saturated rings. The Hall–Kier alpha value is -2.44. The second-order valence-electron chi connectivity index (χ2n) is 5.38. The molecule has 0 bridgehead atoms. The normalized spacial score (nSPS) is 14.2. The van der Waals surface area contributed by atoms with E-state index in [-0.39, 0.29) is 11.1 Å². The summed E-state index contributed by atoms with van der Waals surface area (Å²) < 4.78 is 0. The number of nitrogens with one attached hydrogen (secondary N) is 3. The highest BCUT2D eigenvalue weighted by atomic mass is 16.2. The van der Waals surface area contributed by atoms with Crippen molar-refractivity contribution in [2.45, 2.75) is 39.2 Å². The van der Waals surface area contributed by atoms with Gasteiger partial charge in [0.1, 0.15) is 11.4 Å². The van der Waals surface area contributed by atoms with Gasteiger partial charge in [0.25, 0.3) is 11.5 Å². The van der Waals surface area contributed by atoms with Gasteiger partial charge in [0, 0.05) is 29.9 Å². The van der Waals surface area contributed by atoms with Crippen LogP contribution in [-0.2, 0) is 6.54 Å². The molecule has 0 radical (unpaired) electrons. The van der Waals surface area contributed by atoms with E-state index in [2.05, 4.69) is 25.5 Å². The van der Waals surface area contributed by atoms with E-state index in [1.54, 1.807) is 0 Å². The Morgan fingerprint density at radius 3 is 2.76 bits per heavy atom. The number of aromatic nitrogens is 4. The van der Waals surface area contributed by atoms with E-state index in [1.165, 1.54) is 6.20 Å². The maximum Gasteiger partial charge on any atom is 0.263 e. The van der Waals surface area contributed by atoms with E-state index >= 15 is 0 Å². The third-order valence-electron chi connectivity index (χ3n) is 3.73. The average Bonchev–Trinajstić information content (AvgIpc) is 3.25. The fourth-order valence-electron chi connectivity index (χ4n) is 2.23. The summed E-state index contributed by atoms with van der Waals surface area (Å²) in [4.78, 5) is 30.9. The lowest BCUT2D eigenvalue weighted by Gasteiger charge is -2.05. The van der Waals surface area contributed by atoms with Crippen molar-refractivity contribution >= 4 is 5.91 Å². The zero-order valence-electron chi connectivity index (χ0n) is 12.0. The van der Waals surface area contributed by atoms with Gasteiger partial charge in [-0.3, -0.25) is 14.7 Å². The van der Waals surface area contributed by atoms with Crippen LogP contribution in [0.4, 0.5) is 0 Å². The first-order valence-electron chi connectivity index (χ1n) is 6.94. The highest BCUT2D eigenvalue weighted by Crippen LogP contribution is 2.37. The van der Waals surface area contributed by atoms with Gasteiger partial charge in [0.15, 0.2) is 0 Å². The van der Waals surface area contributed by atoms with Crippen LogP contribution in [0.15, 0.2) is 11.0 Å². The van der Waals surface area contributed by atoms with E-state index in [0.717, 1.165) is 29.8 Å². The lowest BCUT2D eigenvalue weighted by atomic mass is 10.2. The number of aromatic amines is 2. The molecule has 0 atom stereocenters. The molecule has 0 aliphatic heterocycles. The van der Waals surface area contributed by atoms with Crippen molar-refractivity contribution in [3.63, 3.8) is 0 Å². The van der Waals surface area contributed by atoms with Crippen LogP contribution in [-0.4, -0.2) is 26.1 Å². The van der Waals surface area contributed by atoms with Crippen molar-refractivity contribution in [3.8, 4) is 0 Å². The summed E-state index contributed by atoms with van der Waals surface area (Å²) in [5.41, 5.74) is 2.33. The first-order valence-corrected chi connectivity index (χ1v) is 6.94. The minimum atomic E-state index is -0.425. The molecule has 0 unspecified atom stereocenters. The fourth-order valence-corrected chi connectivity index (χ4v) is 2.23. The minimum absolute atomic E-state index is 0.0400. The maximum atomic E-state index is 12.1. The largest absolute Gasteiger partial charge is 0.348 e. The fraction of sp³-hybridized carbons (Fsp3) is 0.429. The summed E-state index contributed by atoms with van der Waals surface area (Å²) in [6.45, 7) is 4.08. The molecule has 0 aromatic carbocycles. The first-order chi connectivity index (χ1) is 10.1. The molecule has 1 saturated carbocycles. The van der Waals surface area contributed by atoms with Crippen molar-refractivity contribution in [3.05, 3.63) is 44.9 Å². The van der Waals surface area contributed by atoms with Gasteiger partial charge in [-0.05, 0) is 26.7 Å². The summed E-state index contributed by atoms with van der Waals surface area (Å²) >= 11 is 0. The number of H-pyrrole nitrogens is 2. The van der Waals surface area contributed by atoms with E-state index in [9.17, 15) is 9.59 Å². The topological polar surface area (TPSA) is 104 Å². The van der Waals surface area contributed by atoms with E-state index in [0.29, 0.717) is 18.3 Å². The Labute approximate surface area is 121 Å². The summed E-state index contributed by atoms with van der Waals surface area (Å²) in [6, 6.07) is 0. The highest BCUT2D eigenvalue weighted by molar-refractivity contribution is 5.93. The van der Waals surface area contributed by atoms with Crippen molar-refractivity contribution in [1.29, 1.82) is 0 Å². The molecule has 2 heterocycles. The van der Waals surface area contributed by atoms with Crippen LogP contribution in [0.3, 0.4) is 0 Å². The Bertz CT molecular complexity index is 723. The number of carbonyl (C=O) groups excluding carboxylic acids is 1. The minimum Gasteiger partial charge on any atom is -0.348 e. The zero-order valence-corrected chi connectivity index (χ0v) is 12.0. The van der Waals surface area contributed by atoms with Gasteiger partial charge in [0.2, 0.25) is 0 Å². The van der Waals surface area contributed by atoms with E-state index in [4.69, 9.17) is 0 Å². The van der Waals surface area contributed by atoms with Crippen molar-refractivity contribution in [2.75, 3.05) is 0 Å². The first kappa shape index (κ1) is 13.5. The Morgan fingerprint density at radius 1 is 1.43 bits per heavy atom. The molecular formula is C14H17N5O2. The molecule has 1 amide bonds. The molecule has 2 aromatic heterocycles. The number of rotatable bonds is 4. The quantitative estimate of drug-likeness (QED) is 0.777. The van der Waals surface area contributed by atoms with Crippen LogP contribution < -0.4 is 10.9 Å². The number of hydrogen-bond donors (Lipinski definition) is 3. The third kappa shape index (κ3) is 2.72. The standard InChI is InChI=1S/C14H17N5O2/c1-7-10(8(2)19-18-7)5-16-13(20)11-6-15-12(9-3-4-9)17-14(11)21/h6,9H,3-5H2,1-2H3,(H,16,20)(H,18,19)(H,15,17,21). The molecule has 3 N–H and O–H groups in total. The average molecular weight is 287 g/mol. The molecule has 21 heavy (non-hydrogen) atoms. The van der Waals surface area contributed by atoms with Crippen molar-refractivity contribution in [2.24, 2.45) is 0 Å². The zero-order chi connectivity index (χ0) is 15.0. The third-order valence-corrected chi connectivity index (χ3v) is 3.73. The smallest absolute Gasteiger partial charge is 0.263 e. The predicted octanol–water partition coefficient (Wildman–Crippen LogP) is 0.917. The monoisotopic (exact) mass is 287 g/mol. The van der Waals surface area contributed by atoms with Crippen molar-refractivity contribution in [1.82, 2.24) is 25.5 Å². The number of hydrogen-bond acceptors (Lipinski definition) is 4. The number of nitrogens with zero attached hydrogens (tertiary/aromatic N) is 2. The van der Waals surface area contributed by atoms with E-state index in [1.807, 2.05) is 13.8 Å². The highest BCUT2D eigenvalue weighted by Gasteiger charge is 2.26. The molecule has 0 spiro atoms. The lowest BCUT2D eigenvalue weighted by Crippen LogP contribution is -2.30. The van der Waals surface area contributed by atoms with Gasteiger partial charge < -0.3 is 10.3 Å². The van der Waals surface area contributed by atoms with Gasteiger partial charge in [-0.25, -0.2) is 4.98 Å². The summed E-state index contributed by atoms with van der Waals surface area (Å²) in [6.07, 6.45) is 3.46. The van der Waals surface area contributed by atoms with Crippen LogP contribution in [0.2, 0.25) is 0 Å². The number of carbonyl (C=O) groups is 1. The molecule has 3 rings (SSSR count). The number of amides is 1. The molecule has 110 valence electrons. The van der Waals surface area contributed by atoms with Gasteiger partial charge in [-0.1, -0.05) is 0 Å². The van der Waals surface area contributed by atoms with E-state index < -0.39 is 5.91 Å². The lowest BCUT2D eigenvalue weighted by molar-refractivity contribution is 0.0949. The summed E-state index contributed by atoms with van der Waals surface area (Å²) in [5, 5.41) is 9.65. The molecule has 0 saturated heterocycles. The molecule has 1 aliphatic rings. The molecular weight excluding hydrogens is 270 g/mol. The SMILES string of the molecule is Cc1n[nH]c(C)c1CNC(=O)c1cnc(C2CC2)[nH]c1=O. The van der Waals surface area contributed by atoms with Crippen LogP contribution >= 0.6 is 0 Å². The van der Waals surface area contributed by atoms with Gasteiger partial charge >= 0.3 is 0 Å². The second kappa shape index (κ2) is 5.16. The Kier molecular flexibility index (Phi) is 3.32. The van der Waals surface area contributed by atoms with Crippen LogP contribution in [0.1, 0.15) is 51.9 Å². The van der Waals surface area contributed by atoms with Crippen LogP contribution in [0.25, 0.3) is 0 Å². The maximum absolute atomic E-state index is 12.1. The molecule has 1 aliphatic carbocycles. The van der Waals surface area contributed by atoms with Gasteiger partial charge in [-0.2, -0.15) is 5.10 Å². The van der Waals surface area contributed by atoms with Crippen molar-refractivity contribution < 1.29 is 4.79 Å². The predicted molar refractivity (Wildman–Crippen MR) is 76.1 cm³/mol. The van der Waals surface area contributed by atoms with Crippen LogP contribution in [0, 0.1) is 13.8 Å². The second-order valence-corrected chi connectivity index (χ2v) is 5.38. The van der Waals surface area contributed by atoms with Gasteiger partial charge in [-0.15, -0.1) is 0 Å². The van der Waals surface area contributed by atoms with Crippen LogP contribution in [0.5, 0.6) is 0 Å². The Morgan fingerprint density at radius 2 is 2.19 bits per heavy atom. The molecule has 2 aromatic rings. The number of aryl methyl sites for hydroxylation is 2. The molecule has 7 heteroatoms. The summed E-state index contributed by atoms with van der Waals surface area (Å²) in [7, 11) is 0.